The Hall–Kier alpha value is -2.31. The van der Waals surface area contributed by atoms with Gasteiger partial charge in [-0.05, 0) is 55.9 Å². The summed E-state index contributed by atoms with van der Waals surface area (Å²) in [6, 6.07) is 12.7. The van der Waals surface area contributed by atoms with Crippen LogP contribution < -0.4 is 20.7 Å². The van der Waals surface area contributed by atoms with E-state index in [0.29, 0.717) is 15.9 Å². The minimum absolute atomic E-state index is 0.153. The van der Waals surface area contributed by atoms with Crippen LogP contribution in [0.15, 0.2) is 42.5 Å². The SMILES string of the molecule is Cc1ccccc1NC(=O)[C@@H]1[C@@H]2NC(=S)N[C@@]1(C)Oc1ccc(Cl)cc12. The van der Waals surface area contributed by atoms with Gasteiger partial charge in [-0.2, -0.15) is 0 Å². The topological polar surface area (TPSA) is 62.4 Å². The highest BCUT2D eigenvalue weighted by Crippen LogP contribution is 2.46. The van der Waals surface area contributed by atoms with Gasteiger partial charge >= 0.3 is 0 Å². The lowest BCUT2D eigenvalue weighted by Gasteiger charge is -2.50. The molecule has 3 N–H and O–H groups in total. The molecular weight excluding hydrogens is 370 g/mol. The van der Waals surface area contributed by atoms with Crippen molar-refractivity contribution in [2.75, 3.05) is 5.32 Å². The van der Waals surface area contributed by atoms with Crippen LogP contribution in [0, 0.1) is 12.8 Å². The summed E-state index contributed by atoms with van der Waals surface area (Å²) in [4.78, 5) is 13.2. The van der Waals surface area contributed by atoms with Crippen LogP contribution in [0.5, 0.6) is 5.75 Å². The van der Waals surface area contributed by atoms with Gasteiger partial charge in [0.1, 0.15) is 11.7 Å². The van der Waals surface area contributed by atoms with Crippen LogP contribution in [0.1, 0.15) is 24.1 Å². The maximum Gasteiger partial charge on any atom is 0.236 e. The Labute approximate surface area is 162 Å². The minimum atomic E-state index is -0.958. The van der Waals surface area contributed by atoms with Crippen molar-refractivity contribution >= 4 is 40.5 Å². The molecule has 0 radical (unpaired) electrons. The van der Waals surface area contributed by atoms with E-state index in [4.69, 9.17) is 28.6 Å². The molecule has 0 aromatic heterocycles. The number of benzene rings is 2. The lowest BCUT2D eigenvalue weighted by atomic mass is 9.80. The van der Waals surface area contributed by atoms with Gasteiger partial charge in [0.25, 0.3) is 0 Å². The first-order chi connectivity index (χ1) is 12.4. The number of aryl methyl sites for hydroxylation is 1. The number of rotatable bonds is 2. The highest BCUT2D eigenvalue weighted by Gasteiger charge is 2.54. The van der Waals surface area contributed by atoms with Crippen molar-refractivity contribution in [2.45, 2.75) is 25.6 Å². The molecule has 2 aliphatic heterocycles. The van der Waals surface area contributed by atoms with Crippen LogP contribution in [0.25, 0.3) is 0 Å². The van der Waals surface area contributed by atoms with Gasteiger partial charge in [-0.1, -0.05) is 29.8 Å². The summed E-state index contributed by atoms with van der Waals surface area (Å²) < 4.78 is 6.16. The number of thiocarbonyl (C=S) groups is 1. The maximum absolute atomic E-state index is 13.2. The van der Waals surface area contributed by atoms with E-state index in [2.05, 4.69) is 16.0 Å². The fourth-order valence-electron chi connectivity index (χ4n) is 3.64. The average molecular weight is 388 g/mol. The molecule has 2 bridgehead atoms. The van der Waals surface area contributed by atoms with Crippen molar-refractivity contribution in [1.82, 2.24) is 10.6 Å². The Balaban J connectivity index is 1.74. The zero-order valence-corrected chi connectivity index (χ0v) is 15.9. The van der Waals surface area contributed by atoms with Gasteiger partial charge in [0.15, 0.2) is 10.8 Å². The van der Waals surface area contributed by atoms with Gasteiger partial charge in [-0.25, -0.2) is 0 Å². The van der Waals surface area contributed by atoms with Crippen molar-refractivity contribution < 1.29 is 9.53 Å². The Morgan fingerprint density at radius 2 is 2.08 bits per heavy atom. The van der Waals surface area contributed by atoms with E-state index in [0.717, 1.165) is 16.8 Å². The number of carbonyl (C=O) groups is 1. The molecule has 2 aliphatic rings. The predicted octanol–water partition coefficient (Wildman–Crippen LogP) is 3.53. The first-order valence-electron chi connectivity index (χ1n) is 8.31. The standard InChI is InChI=1S/C19H18ClN3O2S/c1-10-5-3-4-6-13(10)21-17(24)15-16-12-9-11(20)7-8-14(12)25-19(15,2)23-18(26)22-16/h3-9,15-16H,1-2H3,(H,21,24)(H2,22,23,26)/t15-,16+,19-/m0/s1. The van der Waals surface area contributed by atoms with Crippen molar-refractivity contribution in [3.63, 3.8) is 0 Å². The third-order valence-corrected chi connectivity index (χ3v) is 5.34. The van der Waals surface area contributed by atoms with Crippen LogP contribution >= 0.6 is 23.8 Å². The minimum Gasteiger partial charge on any atom is -0.467 e. The number of halogens is 1. The summed E-state index contributed by atoms with van der Waals surface area (Å²) in [7, 11) is 0. The fraction of sp³-hybridized carbons (Fsp3) is 0.263. The zero-order valence-electron chi connectivity index (χ0n) is 14.3. The number of fused-ring (bicyclic) bond motifs is 4. The van der Waals surface area contributed by atoms with Crippen molar-refractivity contribution in [3.8, 4) is 5.75 Å². The predicted molar refractivity (Wildman–Crippen MR) is 105 cm³/mol. The highest BCUT2D eigenvalue weighted by atomic mass is 35.5. The number of para-hydroxylation sites is 1. The van der Waals surface area contributed by atoms with E-state index >= 15 is 0 Å². The number of carbonyl (C=O) groups excluding carboxylic acids is 1. The number of ether oxygens (including phenoxy) is 1. The normalized spacial score (nSPS) is 26.0. The maximum atomic E-state index is 13.2. The second-order valence-corrected chi connectivity index (χ2v) is 7.59. The second-order valence-electron chi connectivity index (χ2n) is 6.75. The van der Waals surface area contributed by atoms with Crippen LogP contribution in [-0.4, -0.2) is 16.7 Å². The molecule has 0 unspecified atom stereocenters. The molecule has 1 saturated heterocycles. The van der Waals surface area contributed by atoms with Crippen molar-refractivity contribution in [2.24, 2.45) is 5.92 Å². The Morgan fingerprint density at radius 3 is 2.85 bits per heavy atom. The summed E-state index contributed by atoms with van der Waals surface area (Å²) in [6.45, 7) is 3.79. The number of amides is 1. The summed E-state index contributed by atoms with van der Waals surface area (Å²) in [6.07, 6.45) is 0. The van der Waals surface area contributed by atoms with E-state index in [9.17, 15) is 4.79 Å². The summed E-state index contributed by atoms with van der Waals surface area (Å²) in [5.74, 6) is -0.0101. The Morgan fingerprint density at radius 1 is 1.31 bits per heavy atom. The van der Waals surface area contributed by atoms with Crippen LogP contribution in [0.3, 0.4) is 0 Å². The molecular formula is C19H18ClN3O2S. The van der Waals surface area contributed by atoms with Gasteiger partial charge in [0, 0.05) is 16.3 Å². The van der Waals surface area contributed by atoms with Gasteiger partial charge in [-0.15, -0.1) is 0 Å². The van der Waals surface area contributed by atoms with Crippen molar-refractivity contribution in [1.29, 1.82) is 0 Å². The summed E-state index contributed by atoms with van der Waals surface area (Å²) in [5, 5.41) is 10.4. The zero-order chi connectivity index (χ0) is 18.5. The smallest absolute Gasteiger partial charge is 0.236 e. The molecule has 134 valence electrons. The molecule has 0 spiro atoms. The summed E-state index contributed by atoms with van der Waals surface area (Å²) in [5.41, 5.74) is 1.64. The van der Waals surface area contributed by atoms with Crippen LogP contribution in [-0.2, 0) is 4.79 Å². The molecule has 4 rings (SSSR count). The lowest BCUT2D eigenvalue weighted by molar-refractivity contribution is -0.132. The molecule has 3 atom stereocenters. The molecule has 0 saturated carbocycles. The third-order valence-electron chi connectivity index (χ3n) is 4.89. The van der Waals surface area contributed by atoms with Gasteiger partial charge in [0.05, 0.1) is 6.04 Å². The fourth-order valence-corrected chi connectivity index (χ4v) is 4.15. The molecule has 2 aromatic rings. The van der Waals surface area contributed by atoms with E-state index in [1.165, 1.54) is 0 Å². The molecule has 7 heteroatoms. The number of hydrogen-bond donors (Lipinski definition) is 3. The average Bonchev–Trinajstić information content (AvgIpc) is 2.56. The monoisotopic (exact) mass is 387 g/mol. The lowest BCUT2D eigenvalue weighted by Crippen LogP contribution is -2.70. The number of nitrogens with one attached hydrogen (secondary N) is 3. The molecule has 1 amide bonds. The molecule has 0 aliphatic carbocycles. The van der Waals surface area contributed by atoms with Gasteiger partial charge < -0.3 is 20.7 Å². The molecule has 1 fully saturated rings. The molecule has 2 heterocycles. The third kappa shape index (κ3) is 2.79. The Kier molecular flexibility index (Phi) is 4.04. The second kappa shape index (κ2) is 6.14. The quantitative estimate of drug-likeness (QED) is 0.688. The van der Waals surface area contributed by atoms with Crippen molar-refractivity contribution in [3.05, 3.63) is 58.6 Å². The Bertz CT molecular complexity index is 919. The first kappa shape index (κ1) is 17.1. The molecule has 5 nitrogen and oxygen atoms in total. The highest BCUT2D eigenvalue weighted by molar-refractivity contribution is 7.80. The van der Waals surface area contributed by atoms with Crippen LogP contribution in [0.2, 0.25) is 5.02 Å². The largest absolute Gasteiger partial charge is 0.467 e. The molecule has 26 heavy (non-hydrogen) atoms. The van der Waals surface area contributed by atoms with Crippen LogP contribution in [0.4, 0.5) is 5.69 Å². The van der Waals surface area contributed by atoms with E-state index in [1.54, 1.807) is 6.07 Å². The van der Waals surface area contributed by atoms with E-state index < -0.39 is 11.6 Å². The van der Waals surface area contributed by atoms with Gasteiger partial charge in [-0.3, -0.25) is 4.79 Å². The summed E-state index contributed by atoms with van der Waals surface area (Å²) >= 11 is 11.5. The van der Waals surface area contributed by atoms with E-state index in [1.807, 2.05) is 50.2 Å². The molecule has 2 aromatic carbocycles. The van der Waals surface area contributed by atoms with E-state index in [-0.39, 0.29) is 11.9 Å². The number of hydrogen-bond acceptors (Lipinski definition) is 3. The first-order valence-corrected chi connectivity index (χ1v) is 9.10. The van der Waals surface area contributed by atoms with Gasteiger partial charge in [0.2, 0.25) is 5.91 Å². The number of anilines is 1.